The van der Waals surface area contributed by atoms with Crippen LogP contribution in [-0.2, 0) is 6.54 Å². The second-order valence-corrected chi connectivity index (χ2v) is 9.42. The van der Waals surface area contributed by atoms with E-state index in [-0.39, 0.29) is 5.56 Å². The van der Waals surface area contributed by atoms with Gasteiger partial charge < -0.3 is 4.98 Å². The molecule has 1 aliphatic carbocycles. The van der Waals surface area contributed by atoms with Crippen LogP contribution in [-0.4, -0.2) is 28.0 Å². The predicted molar refractivity (Wildman–Crippen MR) is 116 cm³/mol. The average Bonchev–Trinajstić information content (AvgIpc) is 3.12. The molecule has 2 unspecified atom stereocenters. The zero-order valence-electron chi connectivity index (χ0n) is 15.8. The Labute approximate surface area is 173 Å². The summed E-state index contributed by atoms with van der Waals surface area (Å²) in [5, 5.41) is 3.29. The number of nitrogens with one attached hydrogen (secondary N) is 1. The lowest BCUT2D eigenvalue weighted by atomic mass is 9.75. The molecule has 4 nitrogen and oxygen atoms in total. The molecule has 1 aromatic carbocycles. The fourth-order valence-electron chi connectivity index (χ4n) is 4.98. The smallest absolute Gasteiger partial charge is 0.260 e. The zero-order chi connectivity index (χ0) is 19.1. The van der Waals surface area contributed by atoms with Crippen molar-refractivity contribution < 1.29 is 0 Å². The molecule has 0 amide bonds. The summed E-state index contributed by atoms with van der Waals surface area (Å²) in [6, 6.07) is 7.64. The molecule has 1 N–H and O–H groups in total. The summed E-state index contributed by atoms with van der Waals surface area (Å²) in [5.41, 5.74) is 1.69. The Morgan fingerprint density at radius 3 is 2.82 bits per heavy atom. The van der Waals surface area contributed by atoms with Crippen molar-refractivity contribution in [2.45, 2.75) is 38.6 Å². The minimum atomic E-state index is -0.0660. The van der Waals surface area contributed by atoms with Gasteiger partial charge in [0, 0.05) is 28.1 Å². The summed E-state index contributed by atoms with van der Waals surface area (Å²) in [4.78, 5) is 24.0. The molecule has 3 heterocycles. The maximum Gasteiger partial charge on any atom is 0.260 e. The quantitative estimate of drug-likeness (QED) is 0.632. The highest BCUT2D eigenvalue weighted by atomic mass is 35.5. The van der Waals surface area contributed by atoms with Crippen molar-refractivity contribution in [1.82, 2.24) is 14.9 Å². The number of aromatic nitrogens is 2. The van der Waals surface area contributed by atoms with E-state index in [1.54, 1.807) is 0 Å². The zero-order valence-corrected chi connectivity index (χ0v) is 17.4. The molecule has 0 spiro atoms. The highest BCUT2D eigenvalue weighted by Gasteiger charge is 2.31. The van der Waals surface area contributed by atoms with Gasteiger partial charge in [0.1, 0.15) is 10.7 Å². The van der Waals surface area contributed by atoms with Gasteiger partial charge in [-0.1, -0.05) is 49.1 Å². The largest absolute Gasteiger partial charge is 0.309 e. The normalized spacial score (nSPS) is 23.0. The molecular weight excluding hydrogens is 390 g/mol. The van der Waals surface area contributed by atoms with Gasteiger partial charge in [0.05, 0.1) is 11.9 Å². The second-order valence-electron chi connectivity index (χ2n) is 8.15. The summed E-state index contributed by atoms with van der Waals surface area (Å²) >= 11 is 7.87. The lowest BCUT2D eigenvalue weighted by Gasteiger charge is -2.41. The lowest BCUT2D eigenvalue weighted by Crippen LogP contribution is -2.41. The van der Waals surface area contributed by atoms with E-state index in [0.717, 1.165) is 53.3 Å². The molecule has 1 saturated heterocycles. The number of thiophene rings is 1. The van der Waals surface area contributed by atoms with E-state index in [4.69, 9.17) is 16.6 Å². The Morgan fingerprint density at radius 2 is 1.96 bits per heavy atom. The van der Waals surface area contributed by atoms with Gasteiger partial charge in [-0.15, -0.1) is 11.3 Å². The van der Waals surface area contributed by atoms with Crippen LogP contribution in [0.2, 0.25) is 5.02 Å². The Balaban J connectivity index is 1.42. The SMILES string of the molecule is O=c1[nH]c(CN2CCC3CCCCC3C2)nc2scc(-c3ccccc3Cl)c12. The van der Waals surface area contributed by atoms with Gasteiger partial charge >= 0.3 is 0 Å². The van der Waals surface area contributed by atoms with Crippen LogP contribution >= 0.6 is 22.9 Å². The standard InChI is InChI=1S/C22H24ClN3OS/c23-18-8-4-3-7-16(18)17-13-28-22-20(17)21(27)24-19(25-22)12-26-10-9-14-5-1-2-6-15(14)11-26/h3-4,7-8,13-15H,1-2,5-6,9-12H2,(H,24,25,27). The molecule has 2 aromatic heterocycles. The molecule has 0 bridgehead atoms. The number of likely N-dealkylation sites (tertiary alicyclic amines) is 1. The number of piperidine rings is 1. The van der Waals surface area contributed by atoms with Gasteiger partial charge in [-0.2, -0.15) is 0 Å². The number of H-pyrrole nitrogens is 1. The molecule has 6 heteroatoms. The van der Waals surface area contributed by atoms with Crippen LogP contribution in [0.4, 0.5) is 0 Å². The number of hydrogen-bond donors (Lipinski definition) is 1. The van der Waals surface area contributed by atoms with Crippen LogP contribution < -0.4 is 5.56 Å². The van der Waals surface area contributed by atoms with E-state index in [1.807, 2.05) is 29.6 Å². The molecule has 1 saturated carbocycles. The topological polar surface area (TPSA) is 49.0 Å². The summed E-state index contributed by atoms with van der Waals surface area (Å²) in [5.74, 6) is 2.51. The fraction of sp³-hybridized carbons (Fsp3) is 0.455. The maximum absolute atomic E-state index is 12.9. The highest BCUT2D eigenvalue weighted by Crippen LogP contribution is 2.37. The highest BCUT2D eigenvalue weighted by molar-refractivity contribution is 7.17. The molecule has 2 aliphatic rings. The van der Waals surface area contributed by atoms with Gasteiger partial charge in [-0.25, -0.2) is 4.98 Å². The van der Waals surface area contributed by atoms with Crippen LogP contribution in [0.25, 0.3) is 21.3 Å². The molecule has 2 fully saturated rings. The first kappa shape index (κ1) is 18.3. The molecule has 3 aromatic rings. The minimum absolute atomic E-state index is 0.0660. The number of fused-ring (bicyclic) bond motifs is 2. The fourth-order valence-corrected chi connectivity index (χ4v) is 6.17. The monoisotopic (exact) mass is 413 g/mol. The third-order valence-electron chi connectivity index (χ3n) is 6.41. The first-order valence-corrected chi connectivity index (χ1v) is 11.4. The van der Waals surface area contributed by atoms with Crippen molar-refractivity contribution in [2.75, 3.05) is 13.1 Å². The number of hydrogen-bond acceptors (Lipinski definition) is 4. The molecule has 2 atom stereocenters. The van der Waals surface area contributed by atoms with Gasteiger partial charge in [0.25, 0.3) is 5.56 Å². The van der Waals surface area contributed by atoms with Crippen LogP contribution in [0.3, 0.4) is 0 Å². The average molecular weight is 414 g/mol. The Kier molecular flexibility index (Phi) is 4.99. The van der Waals surface area contributed by atoms with E-state index in [2.05, 4.69) is 9.88 Å². The number of nitrogens with zero attached hydrogens (tertiary/aromatic N) is 2. The summed E-state index contributed by atoms with van der Waals surface area (Å²) < 4.78 is 0. The van der Waals surface area contributed by atoms with E-state index in [0.29, 0.717) is 10.4 Å². The molecule has 1 aliphatic heterocycles. The Morgan fingerprint density at radius 1 is 1.14 bits per heavy atom. The second kappa shape index (κ2) is 7.62. The third kappa shape index (κ3) is 3.40. The minimum Gasteiger partial charge on any atom is -0.309 e. The first-order valence-electron chi connectivity index (χ1n) is 10.2. The van der Waals surface area contributed by atoms with Crippen molar-refractivity contribution in [3.8, 4) is 11.1 Å². The molecular formula is C22H24ClN3OS. The number of aromatic amines is 1. The number of rotatable bonds is 3. The Hall–Kier alpha value is -1.69. The van der Waals surface area contributed by atoms with E-state index in [1.165, 1.54) is 43.4 Å². The molecule has 0 radical (unpaired) electrons. The van der Waals surface area contributed by atoms with E-state index in [9.17, 15) is 4.79 Å². The summed E-state index contributed by atoms with van der Waals surface area (Å²) in [7, 11) is 0. The van der Waals surface area contributed by atoms with E-state index >= 15 is 0 Å². The van der Waals surface area contributed by atoms with Gasteiger partial charge in [0.15, 0.2) is 0 Å². The van der Waals surface area contributed by atoms with Crippen molar-refractivity contribution >= 4 is 33.2 Å². The lowest BCUT2D eigenvalue weighted by molar-refractivity contribution is 0.0803. The maximum atomic E-state index is 12.9. The number of halogens is 1. The van der Waals surface area contributed by atoms with Crippen molar-refractivity contribution in [3.05, 3.63) is 50.8 Å². The van der Waals surface area contributed by atoms with Crippen molar-refractivity contribution in [3.63, 3.8) is 0 Å². The first-order chi connectivity index (χ1) is 13.7. The molecule has 5 rings (SSSR count). The van der Waals surface area contributed by atoms with Gasteiger partial charge in [0.2, 0.25) is 0 Å². The Bertz CT molecular complexity index is 1060. The third-order valence-corrected chi connectivity index (χ3v) is 7.61. The summed E-state index contributed by atoms with van der Waals surface area (Å²) in [6.45, 7) is 2.98. The van der Waals surface area contributed by atoms with Gasteiger partial charge in [-0.05, 0) is 37.3 Å². The van der Waals surface area contributed by atoms with Crippen LogP contribution in [0.5, 0.6) is 0 Å². The molecule has 28 heavy (non-hydrogen) atoms. The van der Waals surface area contributed by atoms with Crippen LogP contribution in [0, 0.1) is 11.8 Å². The van der Waals surface area contributed by atoms with Crippen molar-refractivity contribution in [2.24, 2.45) is 11.8 Å². The van der Waals surface area contributed by atoms with Gasteiger partial charge in [-0.3, -0.25) is 9.69 Å². The predicted octanol–water partition coefficient (Wildman–Crippen LogP) is 5.32. The van der Waals surface area contributed by atoms with Crippen LogP contribution in [0.15, 0.2) is 34.4 Å². The van der Waals surface area contributed by atoms with Crippen molar-refractivity contribution in [1.29, 1.82) is 0 Å². The van der Waals surface area contributed by atoms with Crippen LogP contribution in [0.1, 0.15) is 37.9 Å². The summed E-state index contributed by atoms with van der Waals surface area (Å²) in [6.07, 6.45) is 6.82. The number of benzene rings is 1. The molecule has 146 valence electrons. The van der Waals surface area contributed by atoms with E-state index < -0.39 is 0 Å².